The molecule has 0 saturated carbocycles. The summed E-state index contributed by atoms with van der Waals surface area (Å²) in [6.45, 7) is 4.18. The van der Waals surface area contributed by atoms with E-state index in [-0.39, 0.29) is 0 Å². The lowest BCUT2D eigenvalue weighted by molar-refractivity contribution is -0.153. The number of pyridine rings is 1. The van der Waals surface area contributed by atoms with E-state index in [4.69, 9.17) is 0 Å². The molecule has 1 unspecified atom stereocenters. The minimum Gasteiger partial charge on any atom is -0.481 e. The van der Waals surface area contributed by atoms with Crippen LogP contribution in [0.5, 0.6) is 0 Å². The molecule has 0 amide bonds. The molecule has 0 aliphatic carbocycles. The van der Waals surface area contributed by atoms with Gasteiger partial charge in [-0.25, -0.2) is 0 Å². The van der Waals surface area contributed by atoms with Gasteiger partial charge in [0.25, 0.3) is 0 Å². The van der Waals surface area contributed by atoms with E-state index in [1.165, 1.54) is 0 Å². The fourth-order valence-corrected chi connectivity index (χ4v) is 3.86. The first-order valence-corrected chi connectivity index (χ1v) is 8.31. The first kappa shape index (κ1) is 15.9. The summed E-state index contributed by atoms with van der Waals surface area (Å²) in [5, 5.41) is 9.51. The Balaban J connectivity index is 2.11. The molecule has 1 aliphatic heterocycles. The molecule has 1 aromatic heterocycles. The summed E-state index contributed by atoms with van der Waals surface area (Å²) in [5.74, 6) is -0.674. The summed E-state index contributed by atoms with van der Waals surface area (Å²) in [6, 6.07) is 1.97. The van der Waals surface area contributed by atoms with Gasteiger partial charge in [0.2, 0.25) is 0 Å². The summed E-state index contributed by atoms with van der Waals surface area (Å²) in [7, 11) is 0. The highest BCUT2D eigenvalue weighted by atomic mass is 79.9. The lowest BCUT2D eigenvalue weighted by atomic mass is 9.77. The summed E-state index contributed by atoms with van der Waals surface area (Å²) >= 11 is 6.90. The Morgan fingerprint density at radius 1 is 1.55 bits per heavy atom. The van der Waals surface area contributed by atoms with Gasteiger partial charge in [-0.2, -0.15) is 0 Å². The monoisotopic (exact) mass is 404 g/mol. The van der Waals surface area contributed by atoms with Crippen LogP contribution in [0.15, 0.2) is 21.2 Å². The number of aliphatic carboxylic acids is 1. The van der Waals surface area contributed by atoms with Crippen LogP contribution in [0.25, 0.3) is 0 Å². The van der Waals surface area contributed by atoms with E-state index in [2.05, 4.69) is 41.7 Å². The van der Waals surface area contributed by atoms with Crippen molar-refractivity contribution in [1.82, 2.24) is 9.88 Å². The van der Waals surface area contributed by atoms with Crippen LogP contribution in [0.3, 0.4) is 0 Å². The van der Waals surface area contributed by atoms with Gasteiger partial charge in [-0.15, -0.1) is 0 Å². The second-order valence-corrected chi connectivity index (χ2v) is 7.11. The third-order valence-electron chi connectivity index (χ3n) is 4.04. The number of piperidine rings is 1. The largest absolute Gasteiger partial charge is 0.481 e. The van der Waals surface area contributed by atoms with Crippen LogP contribution in [0.4, 0.5) is 0 Å². The minimum absolute atomic E-state index is 0.597. The number of carbonyl (C=O) groups is 1. The van der Waals surface area contributed by atoms with Crippen LogP contribution in [0, 0.1) is 5.41 Å². The third-order valence-corrected chi connectivity index (χ3v) is 5.16. The molecule has 2 heterocycles. The number of aromatic nitrogens is 1. The SMILES string of the molecule is CCC1(C(=O)O)CCCN(Cc2ncc(Br)cc2Br)C1. The molecular weight excluding hydrogens is 388 g/mol. The molecule has 1 fully saturated rings. The Morgan fingerprint density at radius 3 is 2.90 bits per heavy atom. The smallest absolute Gasteiger partial charge is 0.310 e. The number of likely N-dealkylation sites (tertiary alicyclic amines) is 1. The molecule has 0 radical (unpaired) electrons. The Kier molecular flexibility index (Phi) is 5.20. The normalized spacial score (nSPS) is 23.8. The van der Waals surface area contributed by atoms with Gasteiger partial charge in [0.1, 0.15) is 0 Å². The highest BCUT2D eigenvalue weighted by molar-refractivity contribution is 9.11. The van der Waals surface area contributed by atoms with Crippen molar-refractivity contribution >= 4 is 37.8 Å². The molecule has 1 aromatic rings. The highest BCUT2D eigenvalue weighted by Crippen LogP contribution is 2.34. The quantitative estimate of drug-likeness (QED) is 0.829. The molecule has 1 saturated heterocycles. The van der Waals surface area contributed by atoms with Gasteiger partial charge in [-0.3, -0.25) is 14.7 Å². The Bertz CT molecular complexity index is 510. The van der Waals surface area contributed by atoms with Crippen molar-refractivity contribution in [3.63, 3.8) is 0 Å². The van der Waals surface area contributed by atoms with Crippen molar-refractivity contribution in [1.29, 1.82) is 0 Å². The number of hydrogen-bond acceptors (Lipinski definition) is 3. The zero-order valence-corrected chi connectivity index (χ0v) is 14.6. The van der Waals surface area contributed by atoms with E-state index in [9.17, 15) is 9.90 Å². The number of halogens is 2. The van der Waals surface area contributed by atoms with Gasteiger partial charge in [-0.1, -0.05) is 6.92 Å². The molecule has 4 nitrogen and oxygen atoms in total. The van der Waals surface area contributed by atoms with Gasteiger partial charge in [0, 0.05) is 28.2 Å². The molecule has 1 N–H and O–H groups in total. The highest BCUT2D eigenvalue weighted by Gasteiger charge is 2.40. The van der Waals surface area contributed by atoms with Crippen molar-refractivity contribution in [3.05, 3.63) is 26.9 Å². The second-order valence-electron chi connectivity index (χ2n) is 5.34. The maximum Gasteiger partial charge on any atom is 0.310 e. The molecule has 110 valence electrons. The molecule has 2 rings (SSSR count). The number of rotatable bonds is 4. The molecule has 1 aliphatic rings. The average Bonchev–Trinajstić information content (AvgIpc) is 2.42. The fraction of sp³-hybridized carbons (Fsp3) is 0.571. The van der Waals surface area contributed by atoms with Crippen LogP contribution in [-0.4, -0.2) is 34.0 Å². The van der Waals surface area contributed by atoms with Crippen molar-refractivity contribution < 1.29 is 9.90 Å². The molecule has 1 atom stereocenters. The number of nitrogens with zero attached hydrogens (tertiary/aromatic N) is 2. The van der Waals surface area contributed by atoms with Crippen LogP contribution in [0.2, 0.25) is 0 Å². The van der Waals surface area contributed by atoms with E-state index < -0.39 is 11.4 Å². The van der Waals surface area contributed by atoms with Crippen LogP contribution >= 0.6 is 31.9 Å². The van der Waals surface area contributed by atoms with Crippen LogP contribution in [-0.2, 0) is 11.3 Å². The van der Waals surface area contributed by atoms with Crippen molar-refractivity contribution in [3.8, 4) is 0 Å². The third kappa shape index (κ3) is 3.40. The molecular formula is C14H18Br2N2O2. The first-order valence-electron chi connectivity index (χ1n) is 6.72. The number of carboxylic acids is 1. The van der Waals surface area contributed by atoms with E-state index >= 15 is 0 Å². The summed E-state index contributed by atoms with van der Waals surface area (Å²) in [5.41, 5.74) is 0.352. The van der Waals surface area contributed by atoms with E-state index in [1.807, 2.05) is 13.0 Å². The molecule has 6 heteroatoms. The molecule has 0 spiro atoms. The lowest BCUT2D eigenvalue weighted by Crippen LogP contribution is -2.47. The summed E-state index contributed by atoms with van der Waals surface area (Å²) < 4.78 is 1.88. The van der Waals surface area contributed by atoms with Crippen molar-refractivity contribution in [2.45, 2.75) is 32.7 Å². The summed E-state index contributed by atoms with van der Waals surface area (Å²) in [6.07, 6.45) is 4.14. The zero-order valence-electron chi connectivity index (χ0n) is 11.4. The van der Waals surface area contributed by atoms with Gasteiger partial charge >= 0.3 is 5.97 Å². The standard InChI is InChI=1S/C14H18Br2N2O2/c1-2-14(13(19)20)4-3-5-18(9-14)8-12-11(16)6-10(15)7-17-12/h6-7H,2-5,8-9H2,1H3,(H,19,20). The number of carboxylic acid groups (broad SMARTS) is 1. The van der Waals surface area contributed by atoms with Crippen LogP contribution < -0.4 is 0 Å². The van der Waals surface area contributed by atoms with E-state index in [1.54, 1.807) is 6.20 Å². The van der Waals surface area contributed by atoms with Gasteiger partial charge in [0.15, 0.2) is 0 Å². The lowest BCUT2D eigenvalue weighted by Gasteiger charge is -2.39. The Labute approximate surface area is 135 Å². The fourth-order valence-electron chi connectivity index (χ4n) is 2.75. The number of hydrogen-bond donors (Lipinski definition) is 1. The Morgan fingerprint density at radius 2 is 2.30 bits per heavy atom. The predicted octanol–water partition coefficient (Wildman–Crippen LogP) is 3.68. The van der Waals surface area contributed by atoms with Crippen LogP contribution in [0.1, 0.15) is 31.9 Å². The zero-order chi connectivity index (χ0) is 14.8. The molecule has 0 bridgehead atoms. The van der Waals surface area contributed by atoms with E-state index in [0.717, 1.165) is 34.0 Å². The van der Waals surface area contributed by atoms with E-state index in [0.29, 0.717) is 19.5 Å². The summed E-state index contributed by atoms with van der Waals surface area (Å²) in [4.78, 5) is 18.2. The average molecular weight is 406 g/mol. The second kappa shape index (κ2) is 6.54. The predicted molar refractivity (Wildman–Crippen MR) is 84.5 cm³/mol. The Hall–Kier alpha value is -0.460. The first-order chi connectivity index (χ1) is 9.47. The molecule has 0 aromatic carbocycles. The van der Waals surface area contributed by atoms with Gasteiger partial charge in [0.05, 0.1) is 11.1 Å². The van der Waals surface area contributed by atoms with Gasteiger partial charge in [-0.05, 0) is 63.7 Å². The maximum atomic E-state index is 11.6. The molecule has 20 heavy (non-hydrogen) atoms. The van der Waals surface area contributed by atoms with Gasteiger partial charge < -0.3 is 5.11 Å². The van der Waals surface area contributed by atoms with Crippen molar-refractivity contribution in [2.24, 2.45) is 5.41 Å². The topological polar surface area (TPSA) is 53.4 Å². The maximum absolute atomic E-state index is 11.6. The van der Waals surface area contributed by atoms with Crippen molar-refractivity contribution in [2.75, 3.05) is 13.1 Å². The minimum atomic E-state index is -0.674.